The van der Waals surface area contributed by atoms with Crippen LogP contribution in [0.25, 0.3) is 11.0 Å². The number of para-hydroxylation sites is 2. The largest absolute Gasteiger partial charge is 0.496 e. The highest BCUT2D eigenvalue weighted by molar-refractivity contribution is 5.88. The number of carbonyl (C=O) groups excluding carboxylic acids is 2. The van der Waals surface area contributed by atoms with Gasteiger partial charge in [-0.25, -0.2) is 4.79 Å². The molecule has 1 fully saturated rings. The molecule has 0 spiro atoms. The maximum absolute atomic E-state index is 13.1. The standard InChI is InChI=1S/C27H28N2O7/c1-16-18-8-9-20(33-3)17(2)25(18)36-27(32)19(16)14-24(30)28-10-12-29(13-11-28)26(31)23-15-34-21-6-4-5-7-22(21)35-23/h4-9,23H,10-15H2,1-3H3/t23-/m0/s1. The molecule has 188 valence electrons. The Morgan fingerprint density at radius 2 is 1.67 bits per heavy atom. The number of benzene rings is 2. The highest BCUT2D eigenvalue weighted by Crippen LogP contribution is 2.32. The van der Waals surface area contributed by atoms with Crippen molar-refractivity contribution in [2.24, 2.45) is 0 Å². The normalized spacial score (nSPS) is 17.2. The fourth-order valence-corrected chi connectivity index (χ4v) is 4.78. The first-order valence-corrected chi connectivity index (χ1v) is 11.9. The molecule has 0 bridgehead atoms. The van der Waals surface area contributed by atoms with E-state index in [1.807, 2.05) is 38.1 Å². The van der Waals surface area contributed by atoms with Crippen LogP contribution in [0, 0.1) is 13.8 Å². The SMILES string of the molecule is COc1ccc2c(C)c(CC(=O)N3CCN(C(=O)[C@@H]4COc5ccccc5O4)CC3)c(=O)oc2c1C. The van der Waals surface area contributed by atoms with Gasteiger partial charge in [-0.15, -0.1) is 0 Å². The van der Waals surface area contributed by atoms with E-state index >= 15 is 0 Å². The number of nitrogens with zero attached hydrogens (tertiary/aromatic N) is 2. The van der Waals surface area contributed by atoms with Crippen molar-refractivity contribution < 1.29 is 28.2 Å². The molecule has 1 aromatic heterocycles. The minimum absolute atomic E-state index is 0.0561. The summed E-state index contributed by atoms with van der Waals surface area (Å²) in [5.41, 5.74) is 1.76. The van der Waals surface area contributed by atoms with E-state index < -0.39 is 11.7 Å². The summed E-state index contributed by atoms with van der Waals surface area (Å²) in [6, 6.07) is 10.9. The van der Waals surface area contributed by atoms with Crippen LogP contribution in [-0.4, -0.2) is 67.6 Å². The third kappa shape index (κ3) is 4.25. The Balaban J connectivity index is 1.23. The third-order valence-electron chi connectivity index (χ3n) is 6.93. The van der Waals surface area contributed by atoms with Gasteiger partial charge in [-0.3, -0.25) is 9.59 Å². The second-order valence-corrected chi connectivity index (χ2v) is 9.01. The summed E-state index contributed by atoms with van der Waals surface area (Å²) in [6.07, 6.45) is -0.770. The molecule has 2 aliphatic heterocycles. The first-order chi connectivity index (χ1) is 17.4. The molecule has 2 aliphatic rings. The average molecular weight is 493 g/mol. The van der Waals surface area contributed by atoms with E-state index in [0.29, 0.717) is 54.6 Å². The number of piperazine rings is 1. The van der Waals surface area contributed by atoms with Crippen molar-refractivity contribution in [3.63, 3.8) is 0 Å². The molecule has 5 rings (SSSR count). The monoisotopic (exact) mass is 492 g/mol. The summed E-state index contributed by atoms with van der Waals surface area (Å²) < 4.78 is 22.4. The van der Waals surface area contributed by atoms with Gasteiger partial charge >= 0.3 is 5.63 Å². The van der Waals surface area contributed by atoms with Gasteiger partial charge in [-0.2, -0.15) is 0 Å². The number of amides is 2. The zero-order chi connectivity index (χ0) is 25.4. The van der Waals surface area contributed by atoms with E-state index in [0.717, 1.165) is 16.5 Å². The second kappa shape index (κ2) is 9.56. The van der Waals surface area contributed by atoms with Gasteiger partial charge in [0.15, 0.2) is 11.5 Å². The number of rotatable bonds is 4. The van der Waals surface area contributed by atoms with E-state index in [1.165, 1.54) is 0 Å². The first-order valence-electron chi connectivity index (χ1n) is 11.9. The summed E-state index contributed by atoms with van der Waals surface area (Å²) in [6.45, 7) is 5.34. The number of carbonyl (C=O) groups is 2. The highest BCUT2D eigenvalue weighted by Gasteiger charge is 2.33. The van der Waals surface area contributed by atoms with Crippen LogP contribution in [0.3, 0.4) is 0 Å². The van der Waals surface area contributed by atoms with Gasteiger partial charge in [0.25, 0.3) is 5.91 Å². The molecular weight excluding hydrogens is 464 g/mol. The predicted molar refractivity (Wildman–Crippen MR) is 132 cm³/mol. The van der Waals surface area contributed by atoms with Crippen molar-refractivity contribution in [3.05, 3.63) is 63.5 Å². The summed E-state index contributed by atoms with van der Waals surface area (Å²) in [5, 5.41) is 0.780. The maximum atomic E-state index is 13.1. The number of aryl methyl sites for hydroxylation is 2. The van der Waals surface area contributed by atoms with Crippen LogP contribution < -0.4 is 19.8 Å². The highest BCUT2D eigenvalue weighted by atomic mass is 16.6. The summed E-state index contributed by atoms with van der Waals surface area (Å²) in [5.74, 6) is 1.48. The Kier molecular flexibility index (Phi) is 6.30. The zero-order valence-electron chi connectivity index (χ0n) is 20.5. The third-order valence-corrected chi connectivity index (χ3v) is 6.93. The molecule has 2 amide bonds. The fraction of sp³-hybridized carbons (Fsp3) is 0.370. The molecule has 9 nitrogen and oxygen atoms in total. The molecule has 9 heteroatoms. The van der Waals surface area contributed by atoms with E-state index in [-0.39, 0.29) is 24.8 Å². The number of fused-ring (bicyclic) bond motifs is 2. The van der Waals surface area contributed by atoms with Gasteiger partial charge in [-0.05, 0) is 43.7 Å². The van der Waals surface area contributed by atoms with Crippen LogP contribution in [0.15, 0.2) is 45.6 Å². The van der Waals surface area contributed by atoms with Crippen LogP contribution in [-0.2, 0) is 16.0 Å². The number of hydrogen-bond donors (Lipinski definition) is 0. The smallest absolute Gasteiger partial charge is 0.340 e. The summed E-state index contributed by atoms with van der Waals surface area (Å²) in [7, 11) is 1.56. The van der Waals surface area contributed by atoms with Gasteiger partial charge in [0.1, 0.15) is 17.9 Å². The first kappa shape index (κ1) is 23.7. The molecule has 0 aliphatic carbocycles. The van der Waals surface area contributed by atoms with E-state index in [2.05, 4.69) is 0 Å². The fourth-order valence-electron chi connectivity index (χ4n) is 4.78. The number of ether oxygens (including phenoxy) is 3. The van der Waals surface area contributed by atoms with Gasteiger partial charge in [0.05, 0.1) is 19.1 Å². The van der Waals surface area contributed by atoms with Crippen molar-refractivity contribution >= 4 is 22.8 Å². The van der Waals surface area contributed by atoms with Gasteiger partial charge in [0, 0.05) is 37.1 Å². The quantitative estimate of drug-likeness (QED) is 0.516. The molecule has 3 aromatic rings. The molecule has 0 saturated carbocycles. The van der Waals surface area contributed by atoms with Crippen molar-refractivity contribution in [2.75, 3.05) is 39.9 Å². The van der Waals surface area contributed by atoms with Gasteiger partial charge < -0.3 is 28.4 Å². The second-order valence-electron chi connectivity index (χ2n) is 9.01. The molecule has 0 unspecified atom stereocenters. The molecule has 1 saturated heterocycles. The van der Waals surface area contributed by atoms with Crippen LogP contribution in [0.4, 0.5) is 0 Å². The number of methoxy groups -OCH3 is 1. The minimum Gasteiger partial charge on any atom is -0.496 e. The Bertz CT molecular complexity index is 1390. The summed E-state index contributed by atoms with van der Waals surface area (Å²) in [4.78, 5) is 42.2. The molecule has 36 heavy (non-hydrogen) atoms. The van der Waals surface area contributed by atoms with Gasteiger partial charge in [-0.1, -0.05) is 12.1 Å². The van der Waals surface area contributed by atoms with Crippen molar-refractivity contribution in [2.45, 2.75) is 26.4 Å². The molecule has 0 N–H and O–H groups in total. The van der Waals surface area contributed by atoms with Crippen LogP contribution >= 0.6 is 0 Å². The Labute approximate surface area is 208 Å². The summed E-state index contributed by atoms with van der Waals surface area (Å²) >= 11 is 0. The number of hydrogen-bond acceptors (Lipinski definition) is 7. The maximum Gasteiger partial charge on any atom is 0.340 e. The van der Waals surface area contributed by atoms with E-state index in [9.17, 15) is 14.4 Å². The van der Waals surface area contributed by atoms with Gasteiger partial charge in [0.2, 0.25) is 12.0 Å². The Morgan fingerprint density at radius 1 is 0.972 bits per heavy atom. The topological polar surface area (TPSA) is 98.5 Å². The average Bonchev–Trinajstić information content (AvgIpc) is 2.91. The van der Waals surface area contributed by atoms with Crippen molar-refractivity contribution in [3.8, 4) is 17.2 Å². The minimum atomic E-state index is -0.714. The lowest BCUT2D eigenvalue weighted by atomic mass is 10.0. The van der Waals surface area contributed by atoms with Crippen molar-refractivity contribution in [1.29, 1.82) is 0 Å². The zero-order valence-corrected chi connectivity index (χ0v) is 20.5. The lowest BCUT2D eigenvalue weighted by Gasteiger charge is -2.37. The van der Waals surface area contributed by atoms with E-state index in [1.54, 1.807) is 29.0 Å². The molecular formula is C27H28N2O7. The van der Waals surface area contributed by atoms with E-state index in [4.69, 9.17) is 18.6 Å². The lowest BCUT2D eigenvalue weighted by molar-refractivity contribution is -0.146. The molecule has 0 radical (unpaired) electrons. The molecule has 3 heterocycles. The Morgan fingerprint density at radius 3 is 2.39 bits per heavy atom. The van der Waals surface area contributed by atoms with Crippen LogP contribution in [0.1, 0.15) is 16.7 Å². The Hall–Kier alpha value is -4.01. The van der Waals surface area contributed by atoms with Crippen LogP contribution in [0.2, 0.25) is 0 Å². The predicted octanol–water partition coefficient (Wildman–Crippen LogP) is 2.47. The van der Waals surface area contributed by atoms with Crippen LogP contribution in [0.5, 0.6) is 17.2 Å². The lowest BCUT2D eigenvalue weighted by Crippen LogP contribution is -2.55. The van der Waals surface area contributed by atoms with Crippen molar-refractivity contribution in [1.82, 2.24) is 9.80 Å². The molecule has 2 aromatic carbocycles. The molecule has 1 atom stereocenters.